The number of hydrogen-bond acceptors (Lipinski definition) is 5. The molecule has 4 rings (SSSR count). The molecule has 1 aliphatic heterocycles. The zero-order chi connectivity index (χ0) is 22.0. The summed E-state index contributed by atoms with van der Waals surface area (Å²) in [6, 6.07) is 11.0. The molecule has 1 aliphatic rings. The van der Waals surface area contributed by atoms with Crippen molar-refractivity contribution in [2.24, 2.45) is 13.0 Å². The lowest BCUT2D eigenvalue weighted by Crippen LogP contribution is -2.41. The van der Waals surface area contributed by atoms with Crippen molar-refractivity contribution in [3.8, 4) is 11.4 Å². The van der Waals surface area contributed by atoms with Crippen molar-refractivity contribution in [1.82, 2.24) is 24.2 Å². The average Bonchev–Trinajstić information content (AvgIpc) is 3.04. The van der Waals surface area contributed by atoms with Crippen LogP contribution in [0.1, 0.15) is 12.8 Å². The molecular weight excluding hydrogens is 455 g/mol. The Morgan fingerprint density at radius 1 is 1.26 bits per heavy atom. The number of aromatic nitrogens is 4. The van der Waals surface area contributed by atoms with Gasteiger partial charge < -0.3 is 9.88 Å². The Kier molecular flexibility index (Phi) is 6.71. The first kappa shape index (κ1) is 22.0. The first-order valence-electron chi connectivity index (χ1n) is 9.96. The number of halogens is 2. The highest BCUT2D eigenvalue weighted by molar-refractivity contribution is 7.71. The predicted octanol–water partition coefficient (Wildman–Crippen LogP) is 4.63. The smallest absolute Gasteiger partial charge is 0.229 e. The van der Waals surface area contributed by atoms with Crippen molar-refractivity contribution in [2.45, 2.75) is 19.5 Å². The maximum absolute atomic E-state index is 12.7. The van der Waals surface area contributed by atoms with Crippen LogP contribution in [0.15, 0.2) is 42.6 Å². The summed E-state index contributed by atoms with van der Waals surface area (Å²) in [5, 5.41) is 8.75. The van der Waals surface area contributed by atoms with Gasteiger partial charge in [0.25, 0.3) is 0 Å². The molecule has 1 saturated heterocycles. The average molecular weight is 477 g/mol. The van der Waals surface area contributed by atoms with Crippen LogP contribution in [0.4, 0.5) is 5.82 Å². The number of amides is 1. The minimum atomic E-state index is -0.132. The normalized spacial score (nSPS) is 16.9. The summed E-state index contributed by atoms with van der Waals surface area (Å²) in [6.07, 6.45) is 3.27. The fraction of sp³-hybridized carbons (Fsp3) is 0.333. The Labute approximate surface area is 195 Å². The van der Waals surface area contributed by atoms with E-state index in [-0.39, 0.29) is 11.8 Å². The van der Waals surface area contributed by atoms with Gasteiger partial charge in [-0.2, -0.15) is 5.10 Å². The Morgan fingerprint density at radius 3 is 2.81 bits per heavy atom. The second-order valence-electron chi connectivity index (χ2n) is 7.55. The number of nitrogens with one attached hydrogen (secondary N) is 1. The molecule has 0 spiro atoms. The summed E-state index contributed by atoms with van der Waals surface area (Å²) in [5.41, 5.74) is 0.836. The van der Waals surface area contributed by atoms with E-state index in [9.17, 15) is 4.79 Å². The van der Waals surface area contributed by atoms with E-state index in [1.807, 2.05) is 35.9 Å². The van der Waals surface area contributed by atoms with Gasteiger partial charge in [0.2, 0.25) is 5.91 Å². The molecule has 0 bridgehead atoms. The summed E-state index contributed by atoms with van der Waals surface area (Å²) < 4.78 is 4.25. The van der Waals surface area contributed by atoms with Crippen LogP contribution in [0, 0.1) is 10.7 Å². The van der Waals surface area contributed by atoms with E-state index in [2.05, 4.69) is 15.2 Å². The van der Waals surface area contributed by atoms with Crippen LogP contribution in [0.25, 0.3) is 11.4 Å². The minimum Gasteiger partial charge on any atom is -0.310 e. The molecule has 7 nitrogen and oxygen atoms in total. The van der Waals surface area contributed by atoms with Gasteiger partial charge in [-0.15, -0.1) is 0 Å². The van der Waals surface area contributed by atoms with E-state index < -0.39 is 0 Å². The number of carbonyl (C=O) groups is 1. The zero-order valence-corrected chi connectivity index (χ0v) is 19.3. The second kappa shape index (κ2) is 9.48. The summed E-state index contributed by atoms with van der Waals surface area (Å²) in [5.74, 6) is 1.05. The third-order valence-corrected chi connectivity index (χ3v) is 6.38. The van der Waals surface area contributed by atoms with E-state index in [4.69, 9.17) is 40.5 Å². The van der Waals surface area contributed by atoms with Gasteiger partial charge in [0.15, 0.2) is 10.6 Å². The Morgan fingerprint density at radius 2 is 2.06 bits per heavy atom. The second-order valence-corrected chi connectivity index (χ2v) is 8.76. The number of likely N-dealkylation sites (tertiary alicyclic amines) is 1. The van der Waals surface area contributed by atoms with Gasteiger partial charge in [0, 0.05) is 25.4 Å². The maximum Gasteiger partial charge on any atom is 0.229 e. The van der Waals surface area contributed by atoms with Crippen LogP contribution < -0.4 is 5.32 Å². The van der Waals surface area contributed by atoms with Crippen LogP contribution in [0.2, 0.25) is 10.0 Å². The van der Waals surface area contributed by atoms with Gasteiger partial charge in [-0.3, -0.25) is 9.69 Å². The molecule has 0 saturated carbocycles. The van der Waals surface area contributed by atoms with Gasteiger partial charge in [0.05, 0.1) is 22.6 Å². The monoisotopic (exact) mass is 476 g/mol. The summed E-state index contributed by atoms with van der Waals surface area (Å²) in [7, 11) is 1.88. The lowest BCUT2D eigenvalue weighted by Gasteiger charge is -2.31. The molecule has 3 heterocycles. The van der Waals surface area contributed by atoms with E-state index >= 15 is 0 Å². The van der Waals surface area contributed by atoms with Gasteiger partial charge in [0.1, 0.15) is 5.82 Å². The van der Waals surface area contributed by atoms with Crippen LogP contribution in [0.3, 0.4) is 0 Å². The lowest BCUT2D eigenvalue weighted by molar-refractivity contribution is -0.121. The molecule has 0 aliphatic carbocycles. The van der Waals surface area contributed by atoms with E-state index in [1.165, 1.54) is 6.20 Å². The fourth-order valence-electron chi connectivity index (χ4n) is 3.72. The molecule has 10 heteroatoms. The van der Waals surface area contributed by atoms with Crippen LogP contribution in [0.5, 0.6) is 0 Å². The molecule has 2 aromatic heterocycles. The minimum absolute atomic E-state index is 0.0408. The van der Waals surface area contributed by atoms with Crippen molar-refractivity contribution >= 4 is 47.1 Å². The molecular formula is C21H22Cl2N6OS. The molecule has 1 amide bonds. The summed E-state index contributed by atoms with van der Waals surface area (Å²) in [4.78, 5) is 19.1. The fourth-order valence-corrected chi connectivity index (χ4v) is 4.24. The first-order valence-corrected chi connectivity index (χ1v) is 11.1. The Hall–Kier alpha value is -2.26. The highest BCUT2D eigenvalue weighted by Gasteiger charge is 2.27. The van der Waals surface area contributed by atoms with Gasteiger partial charge in [-0.1, -0.05) is 35.3 Å². The zero-order valence-electron chi connectivity index (χ0n) is 17.0. The number of rotatable bonds is 5. The van der Waals surface area contributed by atoms with E-state index in [0.717, 1.165) is 30.8 Å². The topological polar surface area (TPSA) is 68.0 Å². The number of piperidine rings is 1. The Bertz CT molecular complexity index is 1140. The predicted molar refractivity (Wildman–Crippen MR) is 125 cm³/mol. The number of carbonyl (C=O) groups excluding carboxylic acids is 1. The van der Waals surface area contributed by atoms with Crippen LogP contribution in [-0.4, -0.2) is 43.2 Å². The Balaban J connectivity index is 1.45. The highest BCUT2D eigenvalue weighted by Crippen LogP contribution is 2.26. The molecule has 31 heavy (non-hydrogen) atoms. The number of nitrogens with zero attached hydrogens (tertiary/aromatic N) is 5. The largest absolute Gasteiger partial charge is 0.310 e. The highest BCUT2D eigenvalue weighted by atomic mass is 35.5. The standard InChI is InChI=1S/C21H22Cl2N6OS/c1-27-19(16-6-2-3-7-17(16)23)26-29(21(27)31)13-28-10-4-5-14(12-28)20(30)25-18-9-8-15(22)11-24-18/h2-3,6-9,11,14H,4-5,10,12-13H2,1H3,(H,24,25,30). The third kappa shape index (κ3) is 4.98. The van der Waals surface area contributed by atoms with Crippen LogP contribution >= 0.6 is 35.4 Å². The van der Waals surface area contributed by atoms with Crippen molar-refractivity contribution in [3.05, 3.63) is 57.4 Å². The van der Waals surface area contributed by atoms with Crippen LogP contribution in [-0.2, 0) is 18.5 Å². The molecule has 1 aromatic carbocycles. The maximum atomic E-state index is 12.7. The van der Waals surface area contributed by atoms with Gasteiger partial charge >= 0.3 is 0 Å². The molecule has 1 atom stereocenters. The number of hydrogen-bond donors (Lipinski definition) is 1. The summed E-state index contributed by atoms with van der Waals surface area (Å²) in [6.45, 7) is 2.02. The molecule has 0 radical (unpaired) electrons. The van der Waals surface area contributed by atoms with Crippen molar-refractivity contribution < 1.29 is 4.79 Å². The number of pyridine rings is 1. The third-order valence-electron chi connectivity index (χ3n) is 5.34. The number of anilines is 1. The molecule has 1 N–H and O–H groups in total. The van der Waals surface area contributed by atoms with Gasteiger partial charge in [-0.05, 0) is 55.9 Å². The van der Waals surface area contributed by atoms with Crippen molar-refractivity contribution in [3.63, 3.8) is 0 Å². The van der Waals surface area contributed by atoms with E-state index in [1.54, 1.807) is 16.8 Å². The van der Waals surface area contributed by atoms with Crippen molar-refractivity contribution in [2.75, 3.05) is 18.4 Å². The quantitative estimate of drug-likeness (QED) is 0.543. The molecule has 3 aromatic rings. The van der Waals surface area contributed by atoms with Gasteiger partial charge in [-0.25, -0.2) is 9.67 Å². The first-order chi connectivity index (χ1) is 14.9. The molecule has 1 unspecified atom stereocenters. The molecule has 162 valence electrons. The number of benzene rings is 1. The summed E-state index contributed by atoms with van der Waals surface area (Å²) >= 11 is 17.8. The van der Waals surface area contributed by atoms with Crippen molar-refractivity contribution in [1.29, 1.82) is 0 Å². The SMILES string of the molecule is Cn1c(-c2ccccc2Cl)nn(CN2CCCC(C(=O)Nc3ccc(Cl)cn3)C2)c1=S. The molecule has 1 fully saturated rings. The van der Waals surface area contributed by atoms with E-state index in [0.29, 0.717) is 33.8 Å². The lowest BCUT2D eigenvalue weighted by atomic mass is 9.97.